The van der Waals surface area contributed by atoms with Crippen molar-refractivity contribution in [3.63, 3.8) is 0 Å². The Kier molecular flexibility index (Phi) is 7.03. The standard InChI is InChI=1S/C24H25N3O2S/c1-16(2)17-4-8-20(9-5-17)26-24(30)27-21-10-6-18(7-11-21)23(28)25-19-12-14-22(29-3)15-13-19/h4-16H,1-3H3,(H,25,28)(H2,26,27,30). The molecule has 5 nitrogen and oxygen atoms in total. The highest BCUT2D eigenvalue weighted by Gasteiger charge is 2.07. The molecule has 0 aliphatic carbocycles. The highest BCUT2D eigenvalue weighted by atomic mass is 32.1. The van der Waals surface area contributed by atoms with Crippen LogP contribution in [0.3, 0.4) is 0 Å². The van der Waals surface area contributed by atoms with E-state index in [1.165, 1.54) is 5.56 Å². The number of hydrogen-bond donors (Lipinski definition) is 3. The largest absolute Gasteiger partial charge is 0.497 e. The minimum absolute atomic E-state index is 0.183. The molecule has 0 saturated heterocycles. The third-order valence-electron chi connectivity index (χ3n) is 4.59. The molecule has 30 heavy (non-hydrogen) atoms. The topological polar surface area (TPSA) is 62.4 Å². The van der Waals surface area contributed by atoms with Crippen molar-refractivity contribution in [2.45, 2.75) is 19.8 Å². The van der Waals surface area contributed by atoms with E-state index in [1.807, 2.05) is 24.3 Å². The lowest BCUT2D eigenvalue weighted by Gasteiger charge is -2.12. The number of ether oxygens (including phenoxy) is 1. The molecule has 3 aromatic carbocycles. The van der Waals surface area contributed by atoms with Gasteiger partial charge >= 0.3 is 0 Å². The lowest BCUT2D eigenvalue weighted by molar-refractivity contribution is 0.102. The van der Waals surface area contributed by atoms with Gasteiger partial charge in [-0.1, -0.05) is 26.0 Å². The van der Waals surface area contributed by atoms with Crippen molar-refractivity contribution in [1.82, 2.24) is 0 Å². The molecule has 6 heteroatoms. The van der Waals surface area contributed by atoms with E-state index < -0.39 is 0 Å². The Bertz CT molecular complexity index is 998. The predicted molar refractivity (Wildman–Crippen MR) is 128 cm³/mol. The molecule has 0 bridgehead atoms. The van der Waals surface area contributed by atoms with Crippen LogP contribution in [0, 0.1) is 0 Å². The van der Waals surface area contributed by atoms with E-state index in [2.05, 4.69) is 41.9 Å². The molecule has 3 rings (SSSR count). The number of amides is 1. The Labute approximate surface area is 182 Å². The van der Waals surface area contributed by atoms with Gasteiger partial charge in [0.15, 0.2) is 5.11 Å². The van der Waals surface area contributed by atoms with Gasteiger partial charge in [0.05, 0.1) is 7.11 Å². The number of thiocarbonyl (C=S) groups is 1. The summed E-state index contributed by atoms with van der Waals surface area (Å²) in [6.45, 7) is 4.32. The summed E-state index contributed by atoms with van der Waals surface area (Å²) in [5.74, 6) is 1.05. The maximum atomic E-state index is 12.4. The van der Waals surface area contributed by atoms with Gasteiger partial charge in [-0.25, -0.2) is 0 Å². The van der Waals surface area contributed by atoms with Crippen molar-refractivity contribution in [2.24, 2.45) is 0 Å². The molecule has 0 unspecified atom stereocenters. The zero-order valence-electron chi connectivity index (χ0n) is 17.2. The fourth-order valence-electron chi connectivity index (χ4n) is 2.83. The number of carbonyl (C=O) groups excluding carboxylic acids is 1. The fraction of sp³-hybridized carbons (Fsp3) is 0.167. The van der Waals surface area contributed by atoms with Crippen LogP contribution in [0.1, 0.15) is 35.7 Å². The molecule has 0 fully saturated rings. The van der Waals surface area contributed by atoms with Crippen molar-refractivity contribution in [2.75, 3.05) is 23.1 Å². The summed E-state index contributed by atoms with van der Waals surface area (Å²) in [5, 5.41) is 9.65. The van der Waals surface area contributed by atoms with E-state index in [0.29, 0.717) is 22.3 Å². The maximum Gasteiger partial charge on any atom is 0.255 e. The number of methoxy groups -OCH3 is 1. The summed E-state index contributed by atoms with van der Waals surface area (Å²) < 4.78 is 5.12. The predicted octanol–water partition coefficient (Wildman–Crippen LogP) is 5.88. The summed E-state index contributed by atoms with van der Waals surface area (Å²) in [6.07, 6.45) is 0. The van der Waals surface area contributed by atoms with Crippen molar-refractivity contribution in [1.29, 1.82) is 0 Å². The quantitative estimate of drug-likeness (QED) is 0.436. The Balaban J connectivity index is 1.55. The number of rotatable bonds is 6. The van der Waals surface area contributed by atoms with Crippen molar-refractivity contribution in [3.05, 3.63) is 83.9 Å². The normalized spacial score (nSPS) is 10.4. The highest BCUT2D eigenvalue weighted by molar-refractivity contribution is 7.80. The van der Waals surface area contributed by atoms with Gasteiger partial charge < -0.3 is 20.7 Å². The SMILES string of the molecule is COc1ccc(NC(=O)c2ccc(NC(=S)Nc3ccc(C(C)C)cc3)cc2)cc1. The van der Waals surface area contributed by atoms with Gasteiger partial charge in [-0.05, 0) is 84.4 Å². The van der Waals surface area contributed by atoms with E-state index in [-0.39, 0.29) is 5.91 Å². The maximum absolute atomic E-state index is 12.4. The van der Waals surface area contributed by atoms with Crippen molar-refractivity contribution < 1.29 is 9.53 Å². The lowest BCUT2D eigenvalue weighted by atomic mass is 10.0. The van der Waals surface area contributed by atoms with Gasteiger partial charge in [0.1, 0.15) is 5.75 Å². The summed E-state index contributed by atoms with van der Waals surface area (Å²) in [5.41, 5.74) is 4.26. The number of hydrogen-bond acceptors (Lipinski definition) is 3. The summed E-state index contributed by atoms with van der Waals surface area (Å²) in [4.78, 5) is 12.4. The number of carbonyl (C=O) groups is 1. The fourth-order valence-corrected chi connectivity index (χ4v) is 3.06. The highest BCUT2D eigenvalue weighted by Crippen LogP contribution is 2.19. The van der Waals surface area contributed by atoms with E-state index in [1.54, 1.807) is 43.5 Å². The van der Waals surface area contributed by atoms with Crippen LogP contribution in [-0.2, 0) is 0 Å². The monoisotopic (exact) mass is 419 g/mol. The van der Waals surface area contributed by atoms with E-state index in [4.69, 9.17) is 17.0 Å². The Hall–Kier alpha value is -3.38. The van der Waals surface area contributed by atoms with Crippen LogP contribution in [0.15, 0.2) is 72.8 Å². The lowest BCUT2D eigenvalue weighted by Crippen LogP contribution is -2.19. The first-order valence-electron chi connectivity index (χ1n) is 9.68. The Morgan fingerprint density at radius 1 is 0.767 bits per heavy atom. The van der Waals surface area contributed by atoms with E-state index in [9.17, 15) is 4.79 Å². The van der Waals surface area contributed by atoms with E-state index >= 15 is 0 Å². The minimum Gasteiger partial charge on any atom is -0.497 e. The summed E-state index contributed by atoms with van der Waals surface area (Å²) >= 11 is 5.38. The van der Waals surface area contributed by atoms with Crippen LogP contribution in [0.2, 0.25) is 0 Å². The molecule has 1 amide bonds. The Morgan fingerprint density at radius 2 is 1.23 bits per heavy atom. The van der Waals surface area contributed by atoms with Crippen LogP contribution >= 0.6 is 12.2 Å². The molecule has 0 aliphatic rings. The molecule has 3 aromatic rings. The van der Waals surface area contributed by atoms with Gasteiger partial charge in [-0.3, -0.25) is 4.79 Å². The van der Waals surface area contributed by atoms with Crippen LogP contribution in [0.5, 0.6) is 5.75 Å². The second-order valence-electron chi connectivity index (χ2n) is 7.12. The van der Waals surface area contributed by atoms with Crippen LogP contribution < -0.4 is 20.7 Å². The molecule has 0 saturated carbocycles. The zero-order chi connectivity index (χ0) is 21.5. The second-order valence-corrected chi connectivity index (χ2v) is 7.52. The van der Waals surface area contributed by atoms with E-state index in [0.717, 1.165) is 17.1 Å². The number of anilines is 3. The van der Waals surface area contributed by atoms with Gasteiger partial charge in [0.25, 0.3) is 5.91 Å². The molecule has 154 valence electrons. The molecule has 3 N–H and O–H groups in total. The van der Waals surface area contributed by atoms with Crippen LogP contribution in [0.25, 0.3) is 0 Å². The summed E-state index contributed by atoms with van der Waals surface area (Å²) in [7, 11) is 1.60. The van der Waals surface area contributed by atoms with Crippen LogP contribution in [-0.4, -0.2) is 18.1 Å². The van der Waals surface area contributed by atoms with Gasteiger partial charge in [0, 0.05) is 22.6 Å². The smallest absolute Gasteiger partial charge is 0.255 e. The Morgan fingerprint density at radius 3 is 1.73 bits per heavy atom. The molecule has 0 aromatic heterocycles. The number of benzene rings is 3. The van der Waals surface area contributed by atoms with Crippen molar-refractivity contribution >= 4 is 40.3 Å². The average Bonchev–Trinajstić information content (AvgIpc) is 2.75. The van der Waals surface area contributed by atoms with Gasteiger partial charge in [0.2, 0.25) is 0 Å². The average molecular weight is 420 g/mol. The molecule has 0 atom stereocenters. The first-order chi connectivity index (χ1) is 14.4. The molecule has 0 heterocycles. The molecule has 0 aliphatic heterocycles. The molecule has 0 spiro atoms. The first kappa shape index (κ1) is 21.3. The third kappa shape index (κ3) is 5.81. The number of nitrogens with one attached hydrogen (secondary N) is 3. The zero-order valence-corrected chi connectivity index (χ0v) is 18.0. The van der Waals surface area contributed by atoms with Crippen molar-refractivity contribution in [3.8, 4) is 5.75 Å². The van der Waals surface area contributed by atoms with Gasteiger partial charge in [-0.15, -0.1) is 0 Å². The minimum atomic E-state index is -0.183. The third-order valence-corrected chi connectivity index (χ3v) is 4.79. The second kappa shape index (κ2) is 9.89. The molecular weight excluding hydrogens is 394 g/mol. The summed E-state index contributed by atoms with van der Waals surface area (Å²) in [6, 6.07) is 22.5. The van der Waals surface area contributed by atoms with Gasteiger partial charge in [-0.2, -0.15) is 0 Å². The molecular formula is C24H25N3O2S. The first-order valence-corrected chi connectivity index (χ1v) is 10.1. The van der Waals surface area contributed by atoms with Crippen LogP contribution in [0.4, 0.5) is 17.1 Å². The molecule has 0 radical (unpaired) electrons.